The van der Waals surface area contributed by atoms with E-state index in [-0.39, 0.29) is 12.5 Å². The number of nitrogens with zero attached hydrogens (tertiary/aromatic N) is 2. The standard InChI is InChI=1S/C22H26N4O6/c1-3-30-21(28)18-15(23-22(29)24-19(18)16-5-4-12-31-16)13-25-8-10-26(11-9-25)20(27)17-7-6-14(2)32-17/h4-7,12,19H,3,8-11,13H2,1-2H3,(H2,23,24,29). The Labute approximate surface area is 185 Å². The molecule has 1 unspecified atom stereocenters. The van der Waals surface area contributed by atoms with Gasteiger partial charge in [0.1, 0.15) is 17.6 Å². The molecule has 3 amide bonds. The second kappa shape index (κ2) is 9.31. The number of urea groups is 1. The normalized spacial score (nSPS) is 19.5. The summed E-state index contributed by atoms with van der Waals surface area (Å²) in [6.07, 6.45) is 1.49. The smallest absolute Gasteiger partial charge is 0.338 e. The van der Waals surface area contributed by atoms with Crippen LogP contribution in [0.25, 0.3) is 0 Å². The van der Waals surface area contributed by atoms with Gasteiger partial charge in [-0.3, -0.25) is 9.69 Å². The number of hydrogen-bond acceptors (Lipinski definition) is 7. The quantitative estimate of drug-likeness (QED) is 0.655. The Hall–Kier alpha value is -3.53. The van der Waals surface area contributed by atoms with E-state index >= 15 is 0 Å². The van der Waals surface area contributed by atoms with Crippen molar-refractivity contribution in [1.29, 1.82) is 0 Å². The molecule has 0 aromatic carbocycles. The number of carbonyl (C=O) groups excluding carboxylic acids is 3. The number of amides is 3. The molecular formula is C22H26N4O6. The molecule has 10 nitrogen and oxygen atoms in total. The van der Waals surface area contributed by atoms with E-state index in [1.165, 1.54) is 6.26 Å². The average Bonchev–Trinajstić information content (AvgIpc) is 3.45. The Morgan fingerprint density at radius 1 is 1.19 bits per heavy atom. The summed E-state index contributed by atoms with van der Waals surface area (Å²) in [6, 6.07) is 5.69. The number of aryl methyl sites for hydroxylation is 1. The molecule has 2 N–H and O–H groups in total. The third kappa shape index (κ3) is 4.54. The highest BCUT2D eigenvalue weighted by atomic mass is 16.5. The second-order valence-electron chi connectivity index (χ2n) is 7.64. The van der Waals surface area contributed by atoms with Crippen molar-refractivity contribution in [2.45, 2.75) is 19.9 Å². The monoisotopic (exact) mass is 442 g/mol. The minimum Gasteiger partial charge on any atom is -0.467 e. The first-order valence-corrected chi connectivity index (χ1v) is 10.6. The fourth-order valence-corrected chi connectivity index (χ4v) is 3.90. The molecule has 0 spiro atoms. The van der Waals surface area contributed by atoms with Gasteiger partial charge in [0.2, 0.25) is 0 Å². The summed E-state index contributed by atoms with van der Waals surface area (Å²) in [5.74, 6) is 0.813. The molecule has 32 heavy (non-hydrogen) atoms. The molecule has 2 aliphatic heterocycles. The van der Waals surface area contributed by atoms with Crippen LogP contribution in [0.1, 0.15) is 35.0 Å². The highest BCUT2D eigenvalue weighted by Gasteiger charge is 2.36. The van der Waals surface area contributed by atoms with Crippen molar-refractivity contribution >= 4 is 17.9 Å². The first kappa shape index (κ1) is 21.7. The molecule has 4 rings (SSSR count). The molecule has 0 aliphatic carbocycles. The zero-order valence-corrected chi connectivity index (χ0v) is 18.1. The molecule has 170 valence electrons. The van der Waals surface area contributed by atoms with E-state index in [0.717, 1.165) is 0 Å². The molecule has 1 saturated heterocycles. The van der Waals surface area contributed by atoms with Gasteiger partial charge in [0, 0.05) is 38.4 Å². The Kier molecular flexibility index (Phi) is 6.31. The van der Waals surface area contributed by atoms with Crippen molar-refractivity contribution in [1.82, 2.24) is 20.4 Å². The van der Waals surface area contributed by atoms with Crippen molar-refractivity contribution in [2.75, 3.05) is 39.3 Å². The summed E-state index contributed by atoms with van der Waals surface area (Å²) in [5.41, 5.74) is 0.779. The molecule has 10 heteroatoms. The van der Waals surface area contributed by atoms with Crippen molar-refractivity contribution in [3.05, 3.63) is 59.1 Å². The number of piperazine rings is 1. The van der Waals surface area contributed by atoms with Gasteiger partial charge in [0.05, 0.1) is 18.4 Å². The topological polar surface area (TPSA) is 117 Å². The van der Waals surface area contributed by atoms with Gasteiger partial charge in [-0.15, -0.1) is 0 Å². The van der Waals surface area contributed by atoms with E-state index in [0.29, 0.717) is 61.3 Å². The van der Waals surface area contributed by atoms with E-state index in [1.54, 1.807) is 43.0 Å². The van der Waals surface area contributed by atoms with Gasteiger partial charge in [-0.25, -0.2) is 9.59 Å². The van der Waals surface area contributed by atoms with E-state index in [2.05, 4.69) is 15.5 Å². The lowest BCUT2D eigenvalue weighted by atomic mass is 9.99. The van der Waals surface area contributed by atoms with Crippen LogP contribution in [0.5, 0.6) is 0 Å². The number of hydrogen-bond donors (Lipinski definition) is 2. The van der Waals surface area contributed by atoms with Crippen LogP contribution >= 0.6 is 0 Å². The highest BCUT2D eigenvalue weighted by Crippen LogP contribution is 2.28. The number of carbonyl (C=O) groups is 3. The molecule has 4 heterocycles. The average molecular weight is 442 g/mol. The molecule has 2 aliphatic rings. The van der Waals surface area contributed by atoms with Gasteiger partial charge >= 0.3 is 12.0 Å². The number of rotatable bonds is 6. The van der Waals surface area contributed by atoms with Gasteiger partial charge in [-0.1, -0.05) is 0 Å². The third-order valence-corrected chi connectivity index (χ3v) is 5.47. The molecule has 0 saturated carbocycles. The minimum atomic E-state index is -0.738. The van der Waals surface area contributed by atoms with E-state index < -0.39 is 18.0 Å². The Bertz CT molecular complexity index is 1020. The molecule has 0 bridgehead atoms. The van der Waals surface area contributed by atoms with Crippen LogP contribution in [0.3, 0.4) is 0 Å². The van der Waals surface area contributed by atoms with Crippen molar-refractivity contribution < 1.29 is 28.0 Å². The number of ether oxygens (including phenoxy) is 1. The predicted molar refractivity (Wildman–Crippen MR) is 113 cm³/mol. The molecular weight excluding hydrogens is 416 g/mol. The lowest BCUT2D eigenvalue weighted by Crippen LogP contribution is -2.52. The fraction of sp³-hybridized carbons (Fsp3) is 0.409. The van der Waals surface area contributed by atoms with Gasteiger partial charge in [-0.2, -0.15) is 0 Å². The maximum absolute atomic E-state index is 12.8. The molecule has 2 aromatic rings. The summed E-state index contributed by atoms with van der Waals surface area (Å²) < 4.78 is 16.1. The largest absolute Gasteiger partial charge is 0.467 e. The maximum Gasteiger partial charge on any atom is 0.338 e. The second-order valence-corrected chi connectivity index (χ2v) is 7.64. The third-order valence-electron chi connectivity index (χ3n) is 5.47. The first-order chi connectivity index (χ1) is 15.5. The van der Waals surface area contributed by atoms with Crippen molar-refractivity contribution in [3.63, 3.8) is 0 Å². The van der Waals surface area contributed by atoms with Crippen LogP contribution in [0, 0.1) is 6.92 Å². The molecule has 2 aromatic heterocycles. The van der Waals surface area contributed by atoms with Crippen molar-refractivity contribution in [3.8, 4) is 0 Å². The molecule has 0 radical (unpaired) electrons. The summed E-state index contributed by atoms with van der Waals surface area (Å²) in [5, 5.41) is 5.49. The summed E-state index contributed by atoms with van der Waals surface area (Å²) in [4.78, 5) is 41.5. The fourth-order valence-electron chi connectivity index (χ4n) is 3.90. The highest BCUT2D eigenvalue weighted by molar-refractivity contribution is 5.95. The number of esters is 1. The predicted octanol–water partition coefficient (Wildman–Crippen LogP) is 1.81. The van der Waals surface area contributed by atoms with Crippen LogP contribution < -0.4 is 10.6 Å². The zero-order valence-electron chi connectivity index (χ0n) is 18.1. The Morgan fingerprint density at radius 3 is 2.59 bits per heavy atom. The van der Waals surface area contributed by atoms with Crippen LogP contribution in [-0.4, -0.2) is 67.0 Å². The van der Waals surface area contributed by atoms with Gasteiger partial charge < -0.3 is 29.1 Å². The lowest BCUT2D eigenvalue weighted by Gasteiger charge is -2.36. The number of nitrogens with one attached hydrogen (secondary N) is 2. The van der Waals surface area contributed by atoms with Crippen molar-refractivity contribution in [2.24, 2.45) is 0 Å². The Morgan fingerprint density at radius 2 is 1.97 bits per heavy atom. The van der Waals surface area contributed by atoms with Gasteiger partial charge in [0.15, 0.2) is 5.76 Å². The summed E-state index contributed by atoms with van der Waals surface area (Å²) in [6.45, 7) is 6.25. The summed E-state index contributed by atoms with van der Waals surface area (Å²) in [7, 11) is 0. The SMILES string of the molecule is CCOC(=O)C1=C(CN2CCN(C(=O)c3ccc(C)o3)CC2)NC(=O)NC1c1ccco1. The van der Waals surface area contributed by atoms with Crippen LogP contribution in [-0.2, 0) is 9.53 Å². The summed E-state index contributed by atoms with van der Waals surface area (Å²) >= 11 is 0. The van der Waals surface area contributed by atoms with Gasteiger partial charge in [-0.05, 0) is 38.1 Å². The molecule has 1 fully saturated rings. The maximum atomic E-state index is 12.8. The van der Waals surface area contributed by atoms with Crippen LogP contribution in [0.15, 0.2) is 50.6 Å². The van der Waals surface area contributed by atoms with E-state index in [4.69, 9.17) is 13.6 Å². The van der Waals surface area contributed by atoms with Gasteiger partial charge in [0.25, 0.3) is 5.91 Å². The van der Waals surface area contributed by atoms with Crippen LogP contribution in [0.2, 0.25) is 0 Å². The Balaban J connectivity index is 1.49. The first-order valence-electron chi connectivity index (χ1n) is 10.6. The van der Waals surface area contributed by atoms with E-state index in [9.17, 15) is 14.4 Å². The van der Waals surface area contributed by atoms with Crippen LogP contribution in [0.4, 0.5) is 4.79 Å². The minimum absolute atomic E-state index is 0.141. The lowest BCUT2D eigenvalue weighted by molar-refractivity contribution is -0.139. The number of furan rings is 2. The zero-order chi connectivity index (χ0) is 22.7. The van der Waals surface area contributed by atoms with E-state index in [1.807, 2.05) is 0 Å². The molecule has 1 atom stereocenters.